The number of carbonyl (C=O) groups excluding carboxylic acids is 2. The SMILES string of the molecule is CC(=O)NC(C=O)C(O)C(O)C(O)COC1OC(CO)C(O)C(O)C1O. The maximum absolute atomic E-state index is 10.9. The molecular formula is C14H25NO11. The molecule has 0 bridgehead atoms. The van der Waals surface area contributed by atoms with Crippen molar-refractivity contribution in [3.05, 3.63) is 0 Å². The van der Waals surface area contributed by atoms with Crippen molar-refractivity contribution in [3.8, 4) is 0 Å². The molecule has 0 aromatic carbocycles. The predicted molar refractivity (Wildman–Crippen MR) is 81.4 cm³/mol. The number of hydrogen-bond acceptors (Lipinski definition) is 11. The fourth-order valence-electron chi connectivity index (χ4n) is 2.37. The summed E-state index contributed by atoms with van der Waals surface area (Å²) in [6.07, 6.45) is -13.0. The summed E-state index contributed by atoms with van der Waals surface area (Å²) in [6, 6.07) is -1.47. The summed E-state index contributed by atoms with van der Waals surface area (Å²) in [5, 5.41) is 69.7. The van der Waals surface area contributed by atoms with Gasteiger partial charge < -0.3 is 55.3 Å². The topological polar surface area (TPSA) is 206 Å². The Hall–Kier alpha value is -1.22. The molecule has 0 radical (unpaired) electrons. The number of nitrogens with one attached hydrogen (secondary N) is 1. The van der Waals surface area contributed by atoms with E-state index in [0.717, 1.165) is 6.92 Å². The van der Waals surface area contributed by atoms with Gasteiger partial charge in [-0.15, -0.1) is 0 Å². The summed E-state index contributed by atoms with van der Waals surface area (Å²) < 4.78 is 10.1. The summed E-state index contributed by atoms with van der Waals surface area (Å²) >= 11 is 0. The average Bonchev–Trinajstić information content (AvgIpc) is 2.61. The Balaban J connectivity index is 2.62. The van der Waals surface area contributed by atoms with Gasteiger partial charge in [-0.25, -0.2) is 0 Å². The molecule has 8 N–H and O–H groups in total. The molecule has 1 heterocycles. The zero-order chi connectivity index (χ0) is 20.0. The van der Waals surface area contributed by atoms with E-state index >= 15 is 0 Å². The Labute approximate surface area is 148 Å². The van der Waals surface area contributed by atoms with E-state index in [9.17, 15) is 40.2 Å². The molecule has 1 aliphatic heterocycles. The van der Waals surface area contributed by atoms with Crippen LogP contribution in [-0.4, -0.2) is 116 Å². The third-order valence-electron chi connectivity index (χ3n) is 3.91. The van der Waals surface area contributed by atoms with Gasteiger partial charge in [0.05, 0.1) is 13.2 Å². The summed E-state index contributed by atoms with van der Waals surface area (Å²) in [4.78, 5) is 21.8. The highest BCUT2D eigenvalue weighted by Gasteiger charge is 2.44. The largest absolute Gasteiger partial charge is 0.394 e. The average molecular weight is 383 g/mol. The van der Waals surface area contributed by atoms with Crippen LogP contribution in [0.15, 0.2) is 0 Å². The van der Waals surface area contributed by atoms with E-state index in [1.807, 2.05) is 0 Å². The van der Waals surface area contributed by atoms with Crippen molar-refractivity contribution in [2.75, 3.05) is 13.2 Å². The molecule has 1 fully saturated rings. The second kappa shape index (κ2) is 10.2. The minimum Gasteiger partial charge on any atom is -0.394 e. The maximum atomic E-state index is 10.9. The van der Waals surface area contributed by atoms with Crippen LogP contribution in [0.5, 0.6) is 0 Å². The van der Waals surface area contributed by atoms with E-state index < -0.39 is 74.2 Å². The number of aliphatic hydroxyl groups excluding tert-OH is 7. The summed E-state index contributed by atoms with van der Waals surface area (Å²) in [5.74, 6) is -0.639. The number of aliphatic hydroxyl groups is 7. The Morgan fingerprint density at radius 1 is 1.15 bits per heavy atom. The van der Waals surface area contributed by atoms with Crippen molar-refractivity contribution in [1.82, 2.24) is 5.32 Å². The van der Waals surface area contributed by atoms with Crippen molar-refractivity contribution in [3.63, 3.8) is 0 Å². The maximum Gasteiger partial charge on any atom is 0.217 e. The van der Waals surface area contributed by atoms with Gasteiger partial charge in [0.15, 0.2) is 6.29 Å². The van der Waals surface area contributed by atoms with Gasteiger partial charge in [-0.2, -0.15) is 0 Å². The standard InChI is InChI=1S/C14H25NO11/c1-5(18)15-6(2-16)9(20)10(21)7(19)4-25-14-13(24)12(23)11(22)8(3-17)26-14/h2,6-14,17,19-24H,3-4H2,1H3,(H,15,18). The smallest absolute Gasteiger partial charge is 0.217 e. The fraction of sp³-hybridized carbons (Fsp3) is 0.857. The van der Waals surface area contributed by atoms with Gasteiger partial charge in [0.1, 0.15) is 55.1 Å². The molecule has 1 aliphatic rings. The first kappa shape index (κ1) is 22.8. The molecule has 12 heteroatoms. The van der Waals surface area contributed by atoms with Crippen molar-refractivity contribution < 1.29 is 54.8 Å². The molecule has 0 aromatic rings. The molecule has 26 heavy (non-hydrogen) atoms. The van der Waals surface area contributed by atoms with Crippen LogP contribution < -0.4 is 5.32 Å². The molecular weight excluding hydrogens is 358 g/mol. The lowest BCUT2D eigenvalue weighted by Gasteiger charge is -2.40. The van der Waals surface area contributed by atoms with Crippen molar-refractivity contribution in [1.29, 1.82) is 0 Å². The summed E-state index contributed by atoms with van der Waals surface area (Å²) in [5.41, 5.74) is 0. The van der Waals surface area contributed by atoms with Crippen molar-refractivity contribution in [2.45, 2.75) is 62.0 Å². The third-order valence-corrected chi connectivity index (χ3v) is 3.91. The molecule has 1 amide bonds. The number of amides is 1. The van der Waals surface area contributed by atoms with E-state index in [4.69, 9.17) is 14.6 Å². The summed E-state index contributed by atoms with van der Waals surface area (Å²) in [6.45, 7) is -0.284. The minimum atomic E-state index is -1.90. The number of carbonyl (C=O) groups is 2. The molecule has 0 spiro atoms. The molecule has 0 aliphatic carbocycles. The predicted octanol–water partition coefficient (Wildman–Crippen LogP) is -5.41. The lowest BCUT2D eigenvalue weighted by molar-refractivity contribution is -0.306. The Bertz CT molecular complexity index is 462. The lowest BCUT2D eigenvalue weighted by Crippen LogP contribution is -2.59. The van der Waals surface area contributed by atoms with Gasteiger partial charge in [-0.05, 0) is 0 Å². The molecule has 152 valence electrons. The van der Waals surface area contributed by atoms with Crippen LogP contribution in [0.3, 0.4) is 0 Å². The van der Waals surface area contributed by atoms with Crippen LogP contribution in [0.25, 0.3) is 0 Å². The highest BCUT2D eigenvalue weighted by molar-refractivity contribution is 5.77. The van der Waals surface area contributed by atoms with E-state index in [-0.39, 0.29) is 6.29 Å². The monoisotopic (exact) mass is 383 g/mol. The molecule has 1 rings (SSSR count). The molecule has 1 saturated heterocycles. The molecule has 12 nitrogen and oxygen atoms in total. The Morgan fingerprint density at radius 3 is 2.27 bits per heavy atom. The van der Waals surface area contributed by atoms with Crippen LogP contribution in [0.1, 0.15) is 6.92 Å². The quantitative estimate of drug-likeness (QED) is 0.176. The normalized spacial score (nSPS) is 33.8. The second-order valence-corrected chi connectivity index (χ2v) is 5.94. The third kappa shape index (κ3) is 5.64. The van der Waals surface area contributed by atoms with Gasteiger partial charge in [0, 0.05) is 6.92 Å². The van der Waals surface area contributed by atoms with E-state index in [2.05, 4.69) is 5.32 Å². The van der Waals surface area contributed by atoms with Crippen LogP contribution in [0, 0.1) is 0 Å². The molecule has 0 aromatic heterocycles. The van der Waals surface area contributed by atoms with Crippen LogP contribution >= 0.6 is 0 Å². The molecule has 9 unspecified atom stereocenters. The highest BCUT2D eigenvalue weighted by atomic mass is 16.7. The number of aldehydes is 1. The van der Waals surface area contributed by atoms with Crippen LogP contribution in [0.2, 0.25) is 0 Å². The molecule has 0 saturated carbocycles. The first-order chi connectivity index (χ1) is 12.1. The Morgan fingerprint density at radius 2 is 1.77 bits per heavy atom. The van der Waals surface area contributed by atoms with Crippen LogP contribution in [0.4, 0.5) is 0 Å². The van der Waals surface area contributed by atoms with Gasteiger partial charge in [-0.3, -0.25) is 4.79 Å². The van der Waals surface area contributed by atoms with Gasteiger partial charge in [0.25, 0.3) is 0 Å². The van der Waals surface area contributed by atoms with Crippen molar-refractivity contribution >= 4 is 12.2 Å². The molecule has 9 atom stereocenters. The van der Waals surface area contributed by atoms with Gasteiger partial charge in [0.2, 0.25) is 5.91 Å². The zero-order valence-electron chi connectivity index (χ0n) is 14.0. The van der Waals surface area contributed by atoms with Crippen molar-refractivity contribution in [2.24, 2.45) is 0 Å². The fourth-order valence-corrected chi connectivity index (χ4v) is 2.37. The van der Waals surface area contributed by atoms with Gasteiger partial charge in [-0.1, -0.05) is 0 Å². The first-order valence-corrected chi connectivity index (χ1v) is 7.82. The summed E-state index contributed by atoms with van der Waals surface area (Å²) in [7, 11) is 0. The zero-order valence-corrected chi connectivity index (χ0v) is 14.0. The first-order valence-electron chi connectivity index (χ1n) is 7.82. The van der Waals surface area contributed by atoms with Crippen LogP contribution in [-0.2, 0) is 19.1 Å². The van der Waals surface area contributed by atoms with E-state index in [1.54, 1.807) is 0 Å². The minimum absolute atomic E-state index is 0.181. The number of ether oxygens (including phenoxy) is 2. The highest BCUT2D eigenvalue weighted by Crippen LogP contribution is 2.22. The van der Waals surface area contributed by atoms with Gasteiger partial charge >= 0.3 is 0 Å². The lowest BCUT2D eigenvalue weighted by atomic mass is 9.99. The van der Waals surface area contributed by atoms with E-state index in [1.165, 1.54) is 0 Å². The number of hydrogen-bond donors (Lipinski definition) is 8. The number of rotatable bonds is 9. The van der Waals surface area contributed by atoms with E-state index in [0.29, 0.717) is 0 Å². The Kier molecular flexibility index (Phi) is 8.95. The second-order valence-electron chi connectivity index (χ2n) is 5.94.